The molecule has 0 aliphatic carbocycles. The van der Waals surface area contributed by atoms with Crippen molar-refractivity contribution in [3.8, 4) is 0 Å². The average molecular weight is 324 g/mol. The highest BCUT2D eigenvalue weighted by atomic mass is 32.2. The first kappa shape index (κ1) is 17.0. The summed E-state index contributed by atoms with van der Waals surface area (Å²) in [6, 6.07) is 6.42. The summed E-state index contributed by atoms with van der Waals surface area (Å²) in [4.78, 5) is 11.8. The second-order valence-corrected chi connectivity index (χ2v) is 7.87. The third-order valence-electron chi connectivity index (χ3n) is 3.87. The van der Waals surface area contributed by atoms with Gasteiger partial charge in [0.15, 0.2) is 0 Å². The van der Waals surface area contributed by atoms with Crippen molar-refractivity contribution in [3.63, 3.8) is 0 Å². The van der Waals surface area contributed by atoms with E-state index in [1.54, 1.807) is 28.6 Å². The van der Waals surface area contributed by atoms with Crippen LogP contribution in [-0.4, -0.2) is 31.7 Å². The standard InChI is InChI=1S/C16H24N2O3S/c1-3-5-16(19)17-14-7-9-15(10-8-14)22(20,21)18-11-4-6-13(2)12-18/h7-10,13H,3-6,11-12H2,1-2H3,(H,17,19). The van der Waals surface area contributed by atoms with E-state index >= 15 is 0 Å². The minimum absolute atomic E-state index is 0.0528. The van der Waals surface area contributed by atoms with Crippen molar-refractivity contribution < 1.29 is 13.2 Å². The molecule has 1 unspecified atom stereocenters. The maximum atomic E-state index is 12.6. The fourth-order valence-corrected chi connectivity index (χ4v) is 4.27. The van der Waals surface area contributed by atoms with E-state index in [9.17, 15) is 13.2 Å². The first-order valence-electron chi connectivity index (χ1n) is 7.83. The molecule has 1 aromatic carbocycles. The summed E-state index contributed by atoms with van der Waals surface area (Å²) in [5.41, 5.74) is 0.629. The molecule has 0 spiro atoms. The van der Waals surface area contributed by atoms with Gasteiger partial charge in [0, 0.05) is 25.2 Å². The fourth-order valence-electron chi connectivity index (χ4n) is 2.67. The molecule has 1 atom stereocenters. The van der Waals surface area contributed by atoms with Gasteiger partial charge in [0.1, 0.15) is 0 Å². The molecule has 22 heavy (non-hydrogen) atoms. The summed E-state index contributed by atoms with van der Waals surface area (Å²) in [7, 11) is -3.43. The smallest absolute Gasteiger partial charge is 0.243 e. The van der Waals surface area contributed by atoms with Gasteiger partial charge in [0.05, 0.1) is 4.90 Å². The molecule has 0 bridgehead atoms. The lowest BCUT2D eigenvalue weighted by Crippen LogP contribution is -2.39. The summed E-state index contributed by atoms with van der Waals surface area (Å²) < 4.78 is 26.8. The molecule has 1 amide bonds. The zero-order valence-electron chi connectivity index (χ0n) is 13.2. The Morgan fingerprint density at radius 3 is 2.59 bits per heavy atom. The number of benzene rings is 1. The third kappa shape index (κ3) is 4.08. The predicted octanol–water partition coefficient (Wildman–Crippen LogP) is 2.85. The topological polar surface area (TPSA) is 66.5 Å². The van der Waals surface area contributed by atoms with E-state index in [4.69, 9.17) is 0 Å². The number of hydrogen-bond donors (Lipinski definition) is 1. The van der Waals surface area contributed by atoms with Crippen LogP contribution in [-0.2, 0) is 14.8 Å². The summed E-state index contributed by atoms with van der Waals surface area (Å²) in [5, 5.41) is 2.76. The lowest BCUT2D eigenvalue weighted by Gasteiger charge is -2.30. The summed E-state index contributed by atoms with van der Waals surface area (Å²) in [6.07, 6.45) is 3.23. The number of amides is 1. The van der Waals surface area contributed by atoms with Crippen molar-refractivity contribution in [2.24, 2.45) is 5.92 Å². The Kier molecular flexibility index (Phi) is 5.58. The SMILES string of the molecule is CCCC(=O)Nc1ccc(S(=O)(=O)N2CCCC(C)C2)cc1. The van der Waals surface area contributed by atoms with Crippen molar-refractivity contribution in [1.29, 1.82) is 0 Å². The lowest BCUT2D eigenvalue weighted by atomic mass is 10.0. The Hall–Kier alpha value is -1.40. The third-order valence-corrected chi connectivity index (χ3v) is 5.75. The quantitative estimate of drug-likeness (QED) is 0.905. The summed E-state index contributed by atoms with van der Waals surface area (Å²) >= 11 is 0. The molecule has 122 valence electrons. The Morgan fingerprint density at radius 1 is 1.32 bits per heavy atom. The Morgan fingerprint density at radius 2 is 2.00 bits per heavy atom. The van der Waals surface area contributed by atoms with Gasteiger partial charge in [-0.1, -0.05) is 13.8 Å². The van der Waals surface area contributed by atoms with Gasteiger partial charge in [-0.3, -0.25) is 4.79 Å². The van der Waals surface area contributed by atoms with Gasteiger partial charge < -0.3 is 5.32 Å². The van der Waals surface area contributed by atoms with Crippen LogP contribution in [0.25, 0.3) is 0 Å². The number of sulfonamides is 1. The number of carbonyl (C=O) groups is 1. The number of carbonyl (C=O) groups excluding carboxylic acids is 1. The van der Waals surface area contributed by atoms with Gasteiger partial charge in [0.2, 0.25) is 15.9 Å². The second-order valence-electron chi connectivity index (χ2n) is 5.93. The predicted molar refractivity (Wildman–Crippen MR) is 87.1 cm³/mol. The monoisotopic (exact) mass is 324 g/mol. The van der Waals surface area contributed by atoms with Gasteiger partial charge in [-0.2, -0.15) is 4.31 Å². The molecule has 1 heterocycles. The average Bonchev–Trinajstić information content (AvgIpc) is 2.48. The lowest BCUT2D eigenvalue weighted by molar-refractivity contribution is -0.116. The van der Waals surface area contributed by atoms with E-state index in [1.807, 2.05) is 6.92 Å². The Balaban J connectivity index is 2.10. The highest BCUT2D eigenvalue weighted by Gasteiger charge is 2.28. The van der Waals surface area contributed by atoms with E-state index in [-0.39, 0.29) is 10.8 Å². The number of nitrogens with zero attached hydrogens (tertiary/aromatic N) is 1. The molecule has 0 aromatic heterocycles. The molecule has 1 aliphatic rings. The number of nitrogens with one attached hydrogen (secondary N) is 1. The van der Waals surface area contributed by atoms with Gasteiger partial charge in [-0.25, -0.2) is 8.42 Å². The maximum Gasteiger partial charge on any atom is 0.243 e. The molecular formula is C16H24N2O3S. The Labute approximate surface area is 132 Å². The molecule has 1 saturated heterocycles. The number of rotatable bonds is 5. The minimum atomic E-state index is -3.43. The van der Waals surface area contributed by atoms with Gasteiger partial charge in [0.25, 0.3) is 0 Å². The zero-order chi connectivity index (χ0) is 16.2. The van der Waals surface area contributed by atoms with Crippen LogP contribution in [0, 0.1) is 5.92 Å². The largest absolute Gasteiger partial charge is 0.326 e. The second kappa shape index (κ2) is 7.24. The molecule has 1 aromatic rings. The first-order chi connectivity index (χ1) is 10.4. The molecule has 0 saturated carbocycles. The van der Waals surface area contributed by atoms with E-state index in [0.717, 1.165) is 19.3 Å². The maximum absolute atomic E-state index is 12.6. The van der Waals surface area contributed by atoms with Crippen molar-refractivity contribution in [2.45, 2.75) is 44.4 Å². The molecule has 6 heteroatoms. The van der Waals surface area contributed by atoms with Crippen molar-refractivity contribution in [3.05, 3.63) is 24.3 Å². The molecule has 5 nitrogen and oxygen atoms in total. The molecule has 1 N–H and O–H groups in total. The van der Waals surface area contributed by atoms with Gasteiger partial charge >= 0.3 is 0 Å². The van der Waals surface area contributed by atoms with Crippen molar-refractivity contribution in [2.75, 3.05) is 18.4 Å². The van der Waals surface area contributed by atoms with Crippen LogP contribution in [0.3, 0.4) is 0 Å². The van der Waals surface area contributed by atoms with Crippen LogP contribution in [0.5, 0.6) is 0 Å². The molecular weight excluding hydrogens is 300 g/mol. The van der Waals surface area contributed by atoms with Crippen LogP contribution >= 0.6 is 0 Å². The normalized spacial score (nSPS) is 19.8. The molecule has 0 radical (unpaired) electrons. The van der Waals surface area contributed by atoms with Crippen LogP contribution in [0.4, 0.5) is 5.69 Å². The van der Waals surface area contributed by atoms with E-state index in [1.165, 1.54) is 0 Å². The van der Waals surface area contributed by atoms with Crippen molar-refractivity contribution in [1.82, 2.24) is 4.31 Å². The number of piperidine rings is 1. The van der Waals surface area contributed by atoms with E-state index in [0.29, 0.717) is 31.1 Å². The zero-order valence-corrected chi connectivity index (χ0v) is 14.0. The van der Waals surface area contributed by atoms with Gasteiger partial charge in [-0.05, 0) is 49.4 Å². The van der Waals surface area contributed by atoms with Crippen LogP contribution in [0.1, 0.15) is 39.5 Å². The summed E-state index contributed by atoms with van der Waals surface area (Å²) in [5.74, 6) is 0.346. The molecule has 1 aliphatic heterocycles. The van der Waals surface area contributed by atoms with Crippen LogP contribution in [0.2, 0.25) is 0 Å². The summed E-state index contributed by atoms with van der Waals surface area (Å²) in [6.45, 7) is 5.18. The van der Waals surface area contributed by atoms with Crippen LogP contribution < -0.4 is 5.32 Å². The molecule has 2 rings (SSSR count). The minimum Gasteiger partial charge on any atom is -0.326 e. The number of anilines is 1. The van der Waals surface area contributed by atoms with Crippen LogP contribution in [0.15, 0.2) is 29.2 Å². The van der Waals surface area contributed by atoms with E-state index in [2.05, 4.69) is 12.2 Å². The Bertz CT molecular complexity index is 611. The van der Waals surface area contributed by atoms with E-state index < -0.39 is 10.0 Å². The van der Waals surface area contributed by atoms with Crippen molar-refractivity contribution >= 4 is 21.6 Å². The highest BCUT2D eigenvalue weighted by molar-refractivity contribution is 7.89. The highest BCUT2D eigenvalue weighted by Crippen LogP contribution is 2.24. The molecule has 1 fully saturated rings. The number of hydrogen-bond acceptors (Lipinski definition) is 3. The fraction of sp³-hybridized carbons (Fsp3) is 0.562. The first-order valence-corrected chi connectivity index (χ1v) is 9.27. The van der Waals surface area contributed by atoms with Gasteiger partial charge in [-0.15, -0.1) is 0 Å².